The van der Waals surface area contributed by atoms with Crippen molar-refractivity contribution in [3.8, 4) is 0 Å². The fraction of sp³-hybridized carbons (Fsp3) is 0.562. The molecule has 1 unspecified atom stereocenters. The lowest BCUT2D eigenvalue weighted by Gasteiger charge is -2.26. The topological polar surface area (TPSA) is 55.1 Å². The Kier molecular flexibility index (Phi) is 4.25. The van der Waals surface area contributed by atoms with Gasteiger partial charge in [-0.25, -0.2) is 0 Å². The molecule has 0 spiro atoms. The van der Waals surface area contributed by atoms with Gasteiger partial charge in [0.05, 0.1) is 0 Å². The standard InChI is InChI=1S/C16H24N2O/c1-16(2,17)11-18-15(19)10-13-8-5-7-12-6-3-4-9-14(12)13/h3-4,6,9,13H,5,7-8,10-11,17H2,1-2H3,(H,18,19). The molecule has 3 N–H and O–H groups in total. The van der Waals surface area contributed by atoms with Crippen molar-refractivity contribution in [2.24, 2.45) is 5.73 Å². The van der Waals surface area contributed by atoms with E-state index in [2.05, 4.69) is 29.6 Å². The van der Waals surface area contributed by atoms with Gasteiger partial charge in [0.25, 0.3) is 0 Å². The fourth-order valence-corrected chi connectivity index (χ4v) is 2.69. The fourth-order valence-electron chi connectivity index (χ4n) is 2.69. The van der Waals surface area contributed by atoms with Gasteiger partial charge in [-0.1, -0.05) is 24.3 Å². The molecule has 1 aromatic carbocycles. The van der Waals surface area contributed by atoms with Crippen molar-refractivity contribution in [3.05, 3.63) is 35.4 Å². The van der Waals surface area contributed by atoms with Crippen LogP contribution in [-0.2, 0) is 11.2 Å². The number of nitrogens with one attached hydrogen (secondary N) is 1. The van der Waals surface area contributed by atoms with Gasteiger partial charge in [0.15, 0.2) is 0 Å². The molecule has 19 heavy (non-hydrogen) atoms. The molecule has 1 aromatic rings. The first kappa shape index (κ1) is 14.1. The molecule has 0 saturated heterocycles. The van der Waals surface area contributed by atoms with Crippen LogP contribution in [0.2, 0.25) is 0 Å². The van der Waals surface area contributed by atoms with Gasteiger partial charge in [0.1, 0.15) is 0 Å². The molecule has 0 aliphatic heterocycles. The lowest BCUT2D eigenvalue weighted by Crippen LogP contribution is -2.45. The van der Waals surface area contributed by atoms with Crippen LogP contribution in [0.4, 0.5) is 0 Å². The number of carbonyl (C=O) groups excluding carboxylic acids is 1. The van der Waals surface area contributed by atoms with E-state index in [1.165, 1.54) is 17.5 Å². The predicted octanol–water partition coefficient (Wildman–Crippen LogP) is 2.35. The summed E-state index contributed by atoms with van der Waals surface area (Å²) in [4.78, 5) is 12.0. The van der Waals surface area contributed by atoms with Crippen LogP contribution in [0.3, 0.4) is 0 Å². The third-order valence-electron chi connectivity index (χ3n) is 3.67. The second-order valence-electron chi connectivity index (χ2n) is 6.26. The molecule has 1 aliphatic carbocycles. The highest BCUT2D eigenvalue weighted by Crippen LogP contribution is 2.33. The van der Waals surface area contributed by atoms with Gasteiger partial charge in [-0.2, -0.15) is 0 Å². The summed E-state index contributed by atoms with van der Waals surface area (Å²) in [6.07, 6.45) is 4.00. The van der Waals surface area contributed by atoms with Crippen molar-refractivity contribution >= 4 is 5.91 Å². The second kappa shape index (κ2) is 5.74. The molecule has 0 aromatic heterocycles. The number of nitrogens with two attached hydrogens (primary N) is 1. The van der Waals surface area contributed by atoms with Crippen molar-refractivity contribution in [2.75, 3.05) is 6.54 Å². The summed E-state index contributed by atoms with van der Waals surface area (Å²) < 4.78 is 0. The largest absolute Gasteiger partial charge is 0.354 e. The Morgan fingerprint density at radius 2 is 2.16 bits per heavy atom. The van der Waals surface area contributed by atoms with Crippen LogP contribution in [0.1, 0.15) is 50.2 Å². The Balaban J connectivity index is 1.95. The minimum atomic E-state index is -0.347. The summed E-state index contributed by atoms with van der Waals surface area (Å²) in [7, 11) is 0. The van der Waals surface area contributed by atoms with Gasteiger partial charge in [-0.3, -0.25) is 4.79 Å². The normalized spacial score (nSPS) is 18.8. The zero-order valence-electron chi connectivity index (χ0n) is 11.9. The Morgan fingerprint density at radius 1 is 1.42 bits per heavy atom. The zero-order valence-corrected chi connectivity index (χ0v) is 11.9. The van der Waals surface area contributed by atoms with E-state index in [1.807, 2.05) is 13.8 Å². The number of benzene rings is 1. The third-order valence-corrected chi connectivity index (χ3v) is 3.67. The number of carbonyl (C=O) groups is 1. The molecule has 3 nitrogen and oxygen atoms in total. The molecule has 0 fully saturated rings. The van der Waals surface area contributed by atoms with Crippen LogP contribution in [0, 0.1) is 0 Å². The van der Waals surface area contributed by atoms with E-state index in [4.69, 9.17) is 5.73 Å². The highest BCUT2D eigenvalue weighted by atomic mass is 16.1. The number of hydrogen-bond acceptors (Lipinski definition) is 2. The van der Waals surface area contributed by atoms with E-state index < -0.39 is 0 Å². The summed E-state index contributed by atoms with van der Waals surface area (Å²) in [5.74, 6) is 0.478. The molecule has 1 aliphatic rings. The van der Waals surface area contributed by atoms with Gasteiger partial charge >= 0.3 is 0 Å². The summed E-state index contributed by atoms with van der Waals surface area (Å²) >= 11 is 0. The lowest BCUT2D eigenvalue weighted by molar-refractivity contribution is -0.121. The van der Waals surface area contributed by atoms with Crippen molar-refractivity contribution < 1.29 is 4.79 Å². The van der Waals surface area contributed by atoms with Gasteiger partial charge < -0.3 is 11.1 Å². The number of aryl methyl sites for hydroxylation is 1. The van der Waals surface area contributed by atoms with Crippen LogP contribution in [0.15, 0.2) is 24.3 Å². The van der Waals surface area contributed by atoms with E-state index in [0.29, 0.717) is 18.9 Å². The van der Waals surface area contributed by atoms with Gasteiger partial charge in [-0.05, 0) is 50.2 Å². The highest BCUT2D eigenvalue weighted by molar-refractivity contribution is 5.77. The average molecular weight is 260 g/mol. The van der Waals surface area contributed by atoms with Gasteiger partial charge in [0.2, 0.25) is 5.91 Å². The summed E-state index contributed by atoms with van der Waals surface area (Å²) in [5, 5.41) is 2.94. The number of hydrogen-bond donors (Lipinski definition) is 2. The Bertz CT molecular complexity index is 448. The molecule has 2 rings (SSSR count). The highest BCUT2D eigenvalue weighted by Gasteiger charge is 2.22. The summed E-state index contributed by atoms with van der Waals surface area (Å²) in [6.45, 7) is 4.37. The first-order valence-corrected chi connectivity index (χ1v) is 7.09. The van der Waals surface area contributed by atoms with E-state index >= 15 is 0 Å². The quantitative estimate of drug-likeness (QED) is 0.873. The van der Waals surface area contributed by atoms with E-state index in [1.54, 1.807) is 0 Å². The maximum Gasteiger partial charge on any atom is 0.220 e. The van der Waals surface area contributed by atoms with E-state index in [9.17, 15) is 4.79 Å². The Labute approximate surface area is 115 Å². The molecule has 1 amide bonds. The first-order valence-electron chi connectivity index (χ1n) is 7.09. The summed E-state index contributed by atoms with van der Waals surface area (Å²) in [5.41, 5.74) is 8.30. The van der Waals surface area contributed by atoms with Gasteiger partial charge in [0, 0.05) is 18.5 Å². The monoisotopic (exact) mass is 260 g/mol. The molecule has 0 saturated carbocycles. The number of fused-ring (bicyclic) bond motifs is 1. The molecule has 0 bridgehead atoms. The van der Waals surface area contributed by atoms with Crippen molar-refractivity contribution in [3.63, 3.8) is 0 Å². The van der Waals surface area contributed by atoms with Crippen molar-refractivity contribution in [1.29, 1.82) is 0 Å². The van der Waals surface area contributed by atoms with Crippen LogP contribution < -0.4 is 11.1 Å². The van der Waals surface area contributed by atoms with Crippen molar-refractivity contribution in [1.82, 2.24) is 5.32 Å². The molecule has 3 heteroatoms. The molecular formula is C16H24N2O. The van der Waals surface area contributed by atoms with Crippen molar-refractivity contribution in [2.45, 2.75) is 51.0 Å². The van der Waals surface area contributed by atoms with Gasteiger partial charge in [-0.15, -0.1) is 0 Å². The maximum atomic E-state index is 12.0. The Morgan fingerprint density at radius 3 is 2.89 bits per heavy atom. The predicted molar refractivity (Wildman–Crippen MR) is 78.0 cm³/mol. The van der Waals surface area contributed by atoms with Crippen LogP contribution in [0.5, 0.6) is 0 Å². The minimum Gasteiger partial charge on any atom is -0.354 e. The minimum absolute atomic E-state index is 0.111. The number of amides is 1. The SMILES string of the molecule is CC(C)(N)CNC(=O)CC1CCCc2ccccc21. The molecule has 0 radical (unpaired) electrons. The third kappa shape index (κ3) is 4.06. The second-order valence-corrected chi connectivity index (χ2v) is 6.26. The molecular weight excluding hydrogens is 236 g/mol. The Hall–Kier alpha value is -1.35. The van der Waals surface area contributed by atoms with Crippen LogP contribution in [-0.4, -0.2) is 18.0 Å². The smallest absolute Gasteiger partial charge is 0.220 e. The summed E-state index contributed by atoms with van der Waals surface area (Å²) in [6, 6.07) is 8.50. The zero-order chi connectivity index (χ0) is 13.9. The van der Waals surface area contributed by atoms with Crippen LogP contribution >= 0.6 is 0 Å². The van der Waals surface area contributed by atoms with E-state index in [-0.39, 0.29) is 11.4 Å². The van der Waals surface area contributed by atoms with Crippen LogP contribution in [0.25, 0.3) is 0 Å². The lowest BCUT2D eigenvalue weighted by atomic mass is 9.81. The molecule has 0 heterocycles. The molecule has 1 atom stereocenters. The molecule has 104 valence electrons. The van der Waals surface area contributed by atoms with E-state index in [0.717, 1.165) is 12.8 Å². The average Bonchev–Trinajstić information content (AvgIpc) is 2.36. The maximum absolute atomic E-state index is 12.0. The number of rotatable bonds is 4. The first-order chi connectivity index (χ1) is 8.96.